The van der Waals surface area contributed by atoms with Crippen molar-refractivity contribution in [1.82, 2.24) is 4.72 Å². The minimum Gasteiger partial charge on any atom is -0.469 e. The molecule has 0 aliphatic carbocycles. The van der Waals surface area contributed by atoms with Crippen LogP contribution in [0.25, 0.3) is 0 Å². The Hall–Kier alpha value is -1.15. The van der Waals surface area contributed by atoms with E-state index < -0.39 is 33.8 Å². The van der Waals surface area contributed by atoms with E-state index in [4.69, 9.17) is 0 Å². The predicted octanol–water partition coefficient (Wildman–Crippen LogP) is -0.579. The first-order valence-electron chi connectivity index (χ1n) is 5.05. The zero-order chi connectivity index (χ0) is 13.5. The standard InChI is InChI=1S/C9H17NO6S/c1-4-16-9(12)7(2)10-17(13,14)6-5-8(11)15-3/h7,10H,4-6H2,1-3H3. The minimum absolute atomic E-state index is 0.174. The van der Waals surface area contributed by atoms with Gasteiger partial charge < -0.3 is 9.47 Å². The Balaban J connectivity index is 4.25. The summed E-state index contributed by atoms with van der Waals surface area (Å²) in [6.45, 7) is 3.16. The molecule has 0 aromatic carbocycles. The molecule has 0 aliphatic heterocycles. The molecule has 1 unspecified atom stereocenters. The summed E-state index contributed by atoms with van der Waals surface area (Å²) in [7, 11) is -2.53. The van der Waals surface area contributed by atoms with Gasteiger partial charge in [0.1, 0.15) is 6.04 Å². The summed E-state index contributed by atoms with van der Waals surface area (Å²) in [5.74, 6) is -1.71. The van der Waals surface area contributed by atoms with Crippen molar-refractivity contribution in [3.8, 4) is 0 Å². The first-order valence-corrected chi connectivity index (χ1v) is 6.71. The summed E-state index contributed by atoms with van der Waals surface area (Å²) in [6, 6.07) is -0.974. The lowest BCUT2D eigenvalue weighted by Crippen LogP contribution is -2.41. The van der Waals surface area contributed by atoms with Crippen LogP contribution >= 0.6 is 0 Å². The number of carbonyl (C=O) groups excluding carboxylic acids is 2. The Morgan fingerprint density at radius 3 is 2.41 bits per heavy atom. The molecule has 0 aromatic heterocycles. The Labute approximate surface area is 101 Å². The van der Waals surface area contributed by atoms with E-state index in [1.165, 1.54) is 14.0 Å². The highest BCUT2D eigenvalue weighted by Crippen LogP contribution is 1.96. The Morgan fingerprint density at radius 2 is 1.94 bits per heavy atom. The molecule has 1 atom stereocenters. The van der Waals surface area contributed by atoms with Gasteiger partial charge in [0.25, 0.3) is 0 Å². The van der Waals surface area contributed by atoms with Gasteiger partial charge in [-0.1, -0.05) is 0 Å². The minimum atomic E-state index is -3.70. The molecule has 8 heteroatoms. The van der Waals surface area contributed by atoms with Gasteiger partial charge in [0.15, 0.2) is 0 Å². The van der Waals surface area contributed by atoms with Crippen LogP contribution in [0.2, 0.25) is 0 Å². The molecule has 0 aliphatic rings. The summed E-state index contributed by atoms with van der Waals surface area (Å²) in [4.78, 5) is 21.9. The third-order valence-corrected chi connectivity index (χ3v) is 3.25. The van der Waals surface area contributed by atoms with Gasteiger partial charge in [-0.05, 0) is 13.8 Å². The molecule has 0 saturated carbocycles. The fraction of sp³-hybridized carbons (Fsp3) is 0.778. The molecular weight excluding hydrogens is 250 g/mol. The van der Waals surface area contributed by atoms with Crippen LogP contribution in [-0.2, 0) is 29.1 Å². The number of hydrogen-bond acceptors (Lipinski definition) is 6. The lowest BCUT2D eigenvalue weighted by Gasteiger charge is -2.12. The van der Waals surface area contributed by atoms with Gasteiger partial charge in [-0.15, -0.1) is 0 Å². The van der Waals surface area contributed by atoms with Gasteiger partial charge in [0.05, 0.1) is 25.9 Å². The topological polar surface area (TPSA) is 98.8 Å². The quantitative estimate of drug-likeness (QED) is 0.620. The SMILES string of the molecule is CCOC(=O)C(C)NS(=O)(=O)CCC(=O)OC. The number of nitrogens with one attached hydrogen (secondary N) is 1. The van der Waals surface area contributed by atoms with Crippen molar-refractivity contribution in [3.05, 3.63) is 0 Å². The second-order valence-corrected chi connectivity index (χ2v) is 5.11. The third kappa shape index (κ3) is 6.90. The summed E-state index contributed by atoms with van der Waals surface area (Å²) in [5, 5.41) is 0. The number of esters is 2. The van der Waals surface area contributed by atoms with E-state index in [1.54, 1.807) is 6.92 Å². The molecule has 0 aromatic rings. The predicted molar refractivity (Wildman–Crippen MR) is 59.7 cm³/mol. The molecule has 0 fully saturated rings. The molecular formula is C9H17NO6S. The van der Waals surface area contributed by atoms with Gasteiger partial charge >= 0.3 is 11.9 Å². The summed E-state index contributed by atoms with van der Waals surface area (Å²) in [6.07, 6.45) is -0.263. The van der Waals surface area contributed by atoms with Crippen LogP contribution in [0.5, 0.6) is 0 Å². The Bertz CT molecular complexity index is 364. The number of rotatable bonds is 7. The van der Waals surface area contributed by atoms with Crippen LogP contribution < -0.4 is 4.72 Å². The fourth-order valence-electron chi connectivity index (χ4n) is 0.963. The van der Waals surface area contributed by atoms with E-state index in [2.05, 4.69) is 14.2 Å². The molecule has 17 heavy (non-hydrogen) atoms. The van der Waals surface area contributed by atoms with Crippen molar-refractivity contribution in [2.24, 2.45) is 0 Å². The monoisotopic (exact) mass is 267 g/mol. The average Bonchev–Trinajstić information content (AvgIpc) is 2.25. The Kier molecular flexibility index (Phi) is 6.74. The fourth-order valence-corrected chi connectivity index (χ4v) is 2.15. The van der Waals surface area contributed by atoms with Gasteiger partial charge in [0, 0.05) is 0 Å². The van der Waals surface area contributed by atoms with Gasteiger partial charge in [-0.25, -0.2) is 13.1 Å². The zero-order valence-corrected chi connectivity index (χ0v) is 10.9. The van der Waals surface area contributed by atoms with E-state index in [-0.39, 0.29) is 13.0 Å². The smallest absolute Gasteiger partial charge is 0.323 e. The van der Waals surface area contributed by atoms with Crippen LogP contribution in [0.3, 0.4) is 0 Å². The largest absolute Gasteiger partial charge is 0.469 e. The maximum Gasteiger partial charge on any atom is 0.323 e. The molecule has 0 amide bonds. The first kappa shape index (κ1) is 15.9. The van der Waals surface area contributed by atoms with E-state index in [1.807, 2.05) is 0 Å². The highest BCUT2D eigenvalue weighted by Gasteiger charge is 2.21. The van der Waals surface area contributed by atoms with E-state index in [9.17, 15) is 18.0 Å². The van der Waals surface area contributed by atoms with Crippen molar-refractivity contribution in [1.29, 1.82) is 0 Å². The summed E-state index contributed by atoms with van der Waals surface area (Å²) in [5.41, 5.74) is 0. The highest BCUT2D eigenvalue weighted by molar-refractivity contribution is 7.89. The van der Waals surface area contributed by atoms with Crippen molar-refractivity contribution in [3.63, 3.8) is 0 Å². The van der Waals surface area contributed by atoms with Crippen LogP contribution in [0, 0.1) is 0 Å². The van der Waals surface area contributed by atoms with E-state index in [0.717, 1.165) is 0 Å². The molecule has 0 rings (SSSR count). The van der Waals surface area contributed by atoms with Crippen molar-refractivity contribution in [2.75, 3.05) is 19.5 Å². The van der Waals surface area contributed by atoms with Crippen molar-refractivity contribution < 1.29 is 27.5 Å². The zero-order valence-electron chi connectivity index (χ0n) is 10.1. The van der Waals surface area contributed by atoms with Crippen molar-refractivity contribution in [2.45, 2.75) is 26.3 Å². The van der Waals surface area contributed by atoms with Gasteiger partial charge in [-0.2, -0.15) is 0 Å². The van der Waals surface area contributed by atoms with Gasteiger partial charge in [-0.3, -0.25) is 9.59 Å². The number of sulfonamides is 1. The average molecular weight is 267 g/mol. The number of hydrogen-bond donors (Lipinski definition) is 1. The number of carbonyl (C=O) groups is 2. The lowest BCUT2D eigenvalue weighted by atomic mass is 10.4. The molecule has 0 heterocycles. The molecule has 0 saturated heterocycles. The Morgan fingerprint density at radius 1 is 1.35 bits per heavy atom. The number of ether oxygens (including phenoxy) is 2. The summed E-state index contributed by atoms with van der Waals surface area (Å²) >= 11 is 0. The van der Waals surface area contributed by atoms with Crippen LogP contribution in [0.1, 0.15) is 20.3 Å². The molecule has 7 nitrogen and oxygen atoms in total. The van der Waals surface area contributed by atoms with E-state index in [0.29, 0.717) is 0 Å². The second kappa shape index (κ2) is 7.23. The third-order valence-electron chi connectivity index (χ3n) is 1.80. The molecule has 1 N–H and O–H groups in total. The maximum absolute atomic E-state index is 11.4. The molecule has 0 radical (unpaired) electrons. The molecule has 0 spiro atoms. The normalized spacial score (nSPS) is 12.9. The van der Waals surface area contributed by atoms with Crippen LogP contribution in [0.15, 0.2) is 0 Å². The first-order chi connectivity index (χ1) is 7.82. The summed E-state index contributed by atoms with van der Waals surface area (Å²) < 4.78 is 33.9. The van der Waals surface area contributed by atoms with Crippen LogP contribution in [0.4, 0.5) is 0 Å². The maximum atomic E-state index is 11.4. The molecule has 0 bridgehead atoms. The van der Waals surface area contributed by atoms with Crippen molar-refractivity contribution >= 4 is 22.0 Å². The van der Waals surface area contributed by atoms with E-state index >= 15 is 0 Å². The lowest BCUT2D eigenvalue weighted by molar-refractivity contribution is -0.144. The van der Waals surface area contributed by atoms with Crippen LogP contribution in [-0.4, -0.2) is 45.9 Å². The number of methoxy groups -OCH3 is 1. The van der Waals surface area contributed by atoms with Gasteiger partial charge in [0.2, 0.25) is 10.0 Å². The molecule has 100 valence electrons. The highest BCUT2D eigenvalue weighted by atomic mass is 32.2. The second-order valence-electron chi connectivity index (χ2n) is 3.24.